The van der Waals surface area contributed by atoms with Crippen molar-refractivity contribution in [2.45, 2.75) is 20.5 Å². The quantitative estimate of drug-likeness (QED) is 0.175. The Morgan fingerprint density at radius 1 is 0.947 bits per heavy atom. The van der Waals surface area contributed by atoms with Crippen LogP contribution in [0, 0.1) is 3.57 Å². The van der Waals surface area contributed by atoms with Gasteiger partial charge in [-0.15, -0.1) is 0 Å². The molecule has 0 saturated carbocycles. The summed E-state index contributed by atoms with van der Waals surface area (Å²) in [5.74, 6) is 0.0357. The summed E-state index contributed by atoms with van der Waals surface area (Å²) in [5.41, 5.74) is 1.47. The van der Waals surface area contributed by atoms with Crippen LogP contribution in [-0.4, -0.2) is 31.1 Å². The van der Waals surface area contributed by atoms with Crippen LogP contribution in [0.4, 0.5) is 10.5 Å². The van der Waals surface area contributed by atoms with Crippen LogP contribution >= 0.6 is 34.2 Å². The standard InChI is InChI=1S/C28H24ClIN2O6/c1-3-36-20-11-9-19(10-12-20)32-27(34)21(26(33)31-28(32)35)13-17-14-23(30)25(24(15-17)37-4-2)38-16-18-7-5-6-8-22(18)29/h5-15H,3-4,16H2,1-2H3,(H,31,33,35)/b21-13-. The van der Waals surface area contributed by atoms with Crippen LogP contribution < -0.4 is 24.4 Å². The van der Waals surface area contributed by atoms with Gasteiger partial charge >= 0.3 is 6.03 Å². The van der Waals surface area contributed by atoms with Crippen molar-refractivity contribution in [1.82, 2.24) is 5.32 Å². The van der Waals surface area contributed by atoms with Gasteiger partial charge in [-0.25, -0.2) is 9.69 Å². The summed E-state index contributed by atoms with van der Waals surface area (Å²) in [4.78, 5) is 39.4. The van der Waals surface area contributed by atoms with Crippen LogP contribution in [0.15, 0.2) is 66.2 Å². The Labute approximate surface area is 238 Å². The minimum Gasteiger partial charge on any atom is -0.494 e. The summed E-state index contributed by atoms with van der Waals surface area (Å²) >= 11 is 8.36. The maximum absolute atomic E-state index is 13.3. The highest BCUT2D eigenvalue weighted by Gasteiger charge is 2.37. The number of hydrogen-bond donors (Lipinski definition) is 1. The number of amides is 4. The third kappa shape index (κ3) is 6.11. The van der Waals surface area contributed by atoms with Crippen LogP contribution in [0.2, 0.25) is 5.02 Å². The number of carbonyl (C=O) groups excluding carboxylic acids is 3. The van der Waals surface area contributed by atoms with E-state index in [4.69, 9.17) is 25.8 Å². The molecule has 0 bridgehead atoms. The number of halogens is 2. The number of imide groups is 2. The molecule has 4 amide bonds. The molecule has 0 atom stereocenters. The van der Waals surface area contributed by atoms with E-state index in [9.17, 15) is 14.4 Å². The lowest BCUT2D eigenvalue weighted by Crippen LogP contribution is -2.54. The van der Waals surface area contributed by atoms with Gasteiger partial charge < -0.3 is 14.2 Å². The zero-order valence-corrected chi connectivity index (χ0v) is 23.5. The van der Waals surface area contributed by atoms with Crippen LogP contribution in [0.3, 0.4) is 0 Å². The van der Waals surface area contributed by atoms with E-state index in [0.29, 0.717) is 50.3 Å². The molecule has 0 aliphatic carbocycles. The van der Waals surface area contributed by atoms with Crippen LogP contribution in [0.5, 0.6) is 17.2 Å². The first kappa shape index (κ1) is 27.5. The molecular weight excluding hydrogens is 623 g/mol. The van der Waals surface area contributed by atoms with Crippen molar-refractivity contribution in [2.75, 3.05) is 18.1 Å². The van der Waals surface area contributed by atoms with Gasteiger partial charge in [-0.3, -0.25) is 14.9 Å². The van der Waals surface area contributed by atoms with Crippen LogP contribution in [-0.2, 0) is 16.2 Å². The molecule has 1 N–H and O–H groups in total. The summed E-state index contributed by atoms with van der Waals surface area (Å²) in [6.07, 6.45) is 1.42. The zero-order valence-electron chi connectivity index (χ0n) is 20.6. The second-order valence-corrected chi connectivity index (χ2v) is 9.60. The van der Waals surface area contributed by atoms with Crippen molar-refractivity contribution in [3.8, 4) is 17.2 Å². The third-order valence-corrected chi connectivity index (χ3v) is 6.65. The van der Waals surface area contributed by atoms with Gasteiger partial charge in [-0.2, -0.15) is 0 Å². The number of ether oxygens (including phenoxy) is 3. The van der Waals surface area contributed by atoms with Gasteiger partial charge in [0.25, 0.3) is 11.8 Å². The molecule has 0 radical (unpaired) electrons. The van der Waals surface area contributed by atoms with Gasteiger partial charge in [0.1, 0.15) is 17.9 Å². The molecule has 38 heavy (non-hydrogen) atoms. The summed E-state index contributed by atoms with van der Waals surface area (Å²) in [7, 11) is 0. The number of nitrogens with zero attached hydrogens (tertiary/aromatic N) is 1. The molecule has 1 aliphatic heterocycles. The Hall–Kier alpha value is -3.57. The van der Waals surface area contributed by atoms with E-state index in [1.165, 1.54) is 6.08 Å². The van der Waals surface area contributed by atoms with Gasteiger partial charge in [0.15, 0.2) is 11.5 Å². The first-order valence-electron chi connectivity index (χ1n) is 11.8. The van der Waals surface area contributed by atoms with Gasteiger partial charge in [-0.1, -0.05) is 29.8 Å². The van der Waals surface area contributed by atoms with Crippen LogP contribution in [0.1, 0.15) is 25.0 Å². The van der Waals surface area contributed by atoms with Crippen molar-refractivity contribution in [3.05, 3.63) is 86.0 Å². The lowest BCUT2D eigenvalue weighted by Gasteiger charge is -2.26. The van der Waals surface area contributed by atoms with Crippen molar-refractivity contribution < 1.29 is 28.6 Å². The average Bonchev–Trinajstić information content (AvgIpc) is 2.88. The van der Waals surface area contributed by atoms with Crippen molar-refractivity contribution >= 4 is 63.8 Å². The topological polar surface area (TPSA) is 94.2 Å². The SMILES string of the molecule is CCOc1ccc(N2C(=O)NC(=O)/C(=C/c3cc(I)c(OCc4ccccc4Cl)c(OCC)c3)C2=O)cc1. The Morgan fingerprint density at radius 2 is 1.66 bits per heavy atom. The fourth-order valence-electron chi connectivity index (χ4n) is 3.76. The van der Waals surface area contributed by atoms with Gasteiger partial charge in [0, 0.05) is 10.6 Å². The van der Waals surface area contributed by atoms with Crippen LogP contribution in [0.25, 0.3) is 6.08 Å². The fraction of sp³-hybridized carbons (Fsp3) is 0.179. The van der Waals surface area contributed by atoms with E-state index < -0.39 is 17.8 Å². The molecule has 0 unspecified atom stereocenters. The molecule has 10 heteroatoms. The molecule has 8 nitrogen and oxygen atoms in total. The average molecular weight is 647 g/mol. The fourth-order valence-corrected chi connectivity index (χ4v) is 4.73. The smallest absolute Gasteiger partial charge is 0.335 e. The predicted molar refractivity (Wildman–Crippen MR) is 153 cm³/mol. The number of barbiturate groups is 1. The van der Waals surface area contributed by atoms with E-state index in [2.05, 4.69) is 27.9 Å². The molecule has 196 valence electrons. The largest absolute Gasteiger partial charge is 0.494 e. The highest BCUT2D eigenvalue weighted by molar-refractivity contribution is 14.1. The first-order chi connectivity index (χ1) is 18.3. The minimum absolute atomic E-state index is 0.193. The lowest BCUT2D eigenvalue weighted by atomic mass is 10.1. The van der Waals surface area contributed by atoms with Gasteiger partial charge in [-0.05, 0) is 90.5 Å². The second-order valence-electron chi connectivity index (χ2n) is 8.03. The molecular formula is C28H24ClIN2O6. The second kappa shape index (κ2) is 12.3. The van der Waals surface area contributed by atoms with Crippen molar-refractivity contribution in [3.63, 3.8) is 0 Å². The van der Waals surface area contributed by atoms with E-state index in [-0.39, 0.29) is 12.2 Å². The lowest BCUT2D eigenvalue weighted by molar-refractivity contribution is -0.122. The number of benzene rings is 3. The molecule has 0 aromatic heterocycles. The first-order valence-corrected chi connectivity index (χ1v) is 13.2. The number of urea groups is 1. The van der Waals surface area contributed by atoms with Gasteiger partial charge in [0.05, 0.1) is 22.5 Å². The Kier molecular flexibility index (Phi) is 8.90. The molecule has 1 heterocycles. The minimum atomic E-state index is -0.825. The Balaban J connectivity index is 1.64. The molecule has 1 aliphatic rings. The molecule has 1 saturated heterocycles. The highest BCUT2D eigenvalue weighted by atomic mass is 127. The predicted octanol–water partition coefficient (Wildman–Crippen LogP) is 5.99. The molecule has 3 aromatic carbocycles. The van der Waals surface area contributed by atoms with E-state index >= 15 is 0 Å². The van der Waals surface area contributed by atoms with Gasteiger partial charge in [0.2, 0.25) is 0 Å². The number of hydrogen-bond acceptors (Lipinski definition) is 6. The number of rotatable bonds is 9. The van der Waals surface area contributed by atoms with Crippen molar-refractivity contribution in [2.24, 2.45) is 0 Å². The number of nitrogens with one attached hydrogen (secondary N) is 1. The summed E-state index contributed by atoms with van der Waals surface area (Å²) < 4.78 is 18.0. The summed E-state index contributed by atoms with van der Waals surface area (Å²) in [6, 6.07) is 16.5. The third-order valence-electron chi connectivity index (χ3n) is 5.48. The molecule has 0 spiro atoms. The maximum Gasteiger partial charge on any atom is 0.335 e. The van der Waals surface area contributed by atoms with E-state index in [1.54, 1.807) is 42.5 Å². The number of carbonyl (C=O) groups is 3. The monoisotopic (exact) mass is 646 g/mol. The molecule has 4 rings (SSSR count). The van der Waals surface area contributed by atoms with E-state index in [0.717, 1.165) is 10.5 Å². The number of anilines is 1. The molecule has 1 fully saturated rings. The molecule has 3 aromatic rings. The maximum atomic E-state index is 13.3. The Morgan fingerprint density at radius 3 is 2.34 bits per heavy atom. The highest BCUT2D eigenvalue weighted by Crippen LogP contribution is 2.36. The van der Waals surface area contributed by atoms with E-state index in [1.807, 2.05) is 32.0 Å². The normalized spacial score (nSPS) is 14.5. The Bertz CT molecular complexity index is 1410. The summed E-state index contributed by atoms with van der Waals surface area (Å²) in [5, 5.41) is 2.83. The zero-order chi connectivity index (χ0) is 27.2. The summed E-state index contributed by atoms with van der Waals surface area (Å²) in [6.45, 7) is 4.78. The van der Waals surface area contributed by atoms with Crippen molar-refractivity contribution in [1.29, 1.82) is 0 Å².